The van der Waals surface area contributed by atoms with Gasteiger partial charge in [0, 0.05) is 23.0 Å². The van der Waals surface area contributed by atoms with E-state index < -0.39 is 0 Å². The molecule has 2 N–H and O–H groups in total. The average Bonchev–Trinajstić information content (AvgIpc) is 2.87. The summed E-state index contributed by atoms with van der Waals surface area (Å²) in [6.45, 7) is 0. The summed E-state index contributed by atoms with van der Waals surface area (Å²) in [6, 6.07) is 1.75. The second kappa shape index (κ2) is 4.20. The number of rotatable bonds is 1. The van der Waals surface area contributed by atoms with Crippen molar-refractivity contribution >= 4 is 16.5 Å². The molecule has 2 aliphatic heterocycles. The molecule has 98 valence electrons. The summed E-state index contributed by atoms with van der Waals surface area (Å²) in [6.07, 6.45) is 10.1. The molecule has 4 heteroatoms. The van der Waals surface area contributed by atoms with E-state index in [1.165, 1.54) is 62.2 Å². The Balaban J connectivity index is 1.66. The lowest BCUT2D eigenvalue weighted by Gasteiger charge is -2.48. The molecule has 0 spiro atoms. The van der Waals surface area contributed by atoms with E-state index in [4.69, 9.17) is 10.7 Å². The van der Waals surface area contributed by atoms with Crippen molar-refractivity contribution in [2.45, 2.75) is 69.5 Å². The summed E-state index contributed by atoms with van der Waals surface area (Å²) in [5, 5.41) is 1.31. The fourth-order valence-electron chi connectivity index (χ4n) is 4.02. The Morgan fingerprint density at radius 1 is 1.11 bits per heavy atom. The maximum atomic E-state index is 6.19. The van der Waals surface area contributed by atoms with Crippen molar-refractivity contribution in [3.63, 3.8) is 0 Å². The van der Waals surface area contributed by atoms with Crippen molar-refractivity contribution in [1.82, 2.24) is 4.98 Å². The second-order valence-electron chi connectivity index (χ2n) is 6.10. The van der Waals surface area contributed by atoms with Crippen LogP contribution in [0, 0.1) is 0 Å². The quantitative estimate of drug-likeness (QED) is 0.846. The van der Waals surface area contributed by atoms with Gasteiger partial charge in [-0.05, 0) is 51.4 Å². The van der Waals surface area contributed by atoms with E-state index in [0.29, 0.717) is 18.1 Å². The average molecular weight is 263 g/mol. The summed E-state index contributed by atoms with van der Waals surface area (Å²) in [5.74, 6) is 0. The topological polar surface area (TPSA) is 42.1 Å². The Bertz CT molecular complexity index is 420. The van der Waals surface area contributed by atoms with Gasteiger partial charge >= 0.3 is 0 Å². The zero-order chi connectivity index (χ0) is 12.1. The van der Waals surface area contributed by atoms with Crippen LogP contribution in [0.2, 0.25) is 0 Å². The fourth-order valence-corrected chi connectivity index (χ4v) is 5.31. The molecule has 3 nitrogen and oxygen atoms in total. The Hall–Kier alpha value is -0.610. The Morgan fingerprint density at radius 2 is 1.89 bits per heavy atom. The van der Waals surface area contributed by atoms with Gasteiger partial charge in [-0.1, -0.05) is 0 Å². The lowest BCUT2D eigenvalue weighted by Crippen LogP contribution is -2.55. The minimum absolute atomic E-state index is 0.420. The first-order valence-corrected chi connectivity index (χ1v) is 8.15. The monoisotopic (exact) mass is 263 g/mol. The van der Waals surface area contributed by atoms with Crippen molar-refractivity contribution in [3.05, 3.63) is 10.6 Å². The van der Waals surface area contributed by atoms with Crippen LogP contribution in [0.15, 0.2) is 0 Å². The highest BCUT2D eigenvalue weighted by molar-refractivity contribution is 7.15. The normalized spacial score (nSPS) is 34.7. The maximum Gasteiger partial charge on any atom is 0.186 e. The number of aryl methyl sites for hydroxylation is 2. The lowest BCUT2D eigenvalue weighted by molar-refractivity contribution is 0.271. The third-order valence-corrected chi connectivity index (χ3v) is 5.99. The first kappa shape index (κ1) is 11.2. The fraction of sp³-hybridized carbons (Fsp3) is 0.786. The number of hydrogen-bond acceptors (Lipinski definition) is 4. The molecule has 1 aromatic heterocycles. The number of nitrogens with zero attached hydrogens (tertiary/aromatic N) is 2. The summed E-state index contributed by atoms with van der Waals surface area (Å²) in [4.78, 5) is 9.11. The van der Waals surface area contributed by atoms with E-state index in [2.05, 4.69) is 4.90 Å². The molecule has 0 saturated carbocycles. The van der Waals surface area contributed by atoms with E-state index in [-0.39, 0.29) is 0 Å². The van der Waals surface area contributed by atoms with Crippen molar-refractivity contribution in [1.29, 1.82) is 0 Å². The number of fused-ring (bicyclic) bond motifs is 3. The summed E-state index contributed by atoms with van der Waals surface area (Å²) < 4.78 is 0. The lowest BCUT2D eigenvalue weighted by atomic mass is 9.82. The summed E-state index contributed by atoms with van der Waals surface area (Å²) in [7, 11) is 0. The Morgan fingerprint density at radius 3 is 2.61 bits per heavy atom. The van der Waals surface area contributed by atoms with E-state index in [1.54, 1.807) is 4.88 Å². The number of nitrogens with two attached hydrogens (primary N) is 1. The van der Waals surface area contributed by atoms with Gasteiger partial charge in [0.1, 0.15) is 0 Å². The van der Waals surface area contributed by atoms with Gasteiger partial charge in [-0.25, -0.2) is 4.98 Å². The van der Waals surface area contributed by atoms with Gasteiger partial charge < -0.3 is 10.6 Å². The van der Waals surface area contributed by atoms with Crippen LogP contribution in [0.1, 0.15) is 49.1 Å². The van der Waals surface area contributed by atoms with E-state index in [0.717, 1.165) is 0 Å². The highest BCUT2D eigenvalue weighted by Crippen LogP contribution is 2.41. The van der Waals surface area contributed by atoms with Crippen molar-refractivity contribution in [2.75, 3.05) is 4.90 Å². The third-order valence-electron chi connectivity index (χ3n) is 4.82. The standard InChI is InChI=1S/C14H21N3S/c15-9-7-10-3-1-4-11(8-9)17(10)14-16-12-5-2-6-13(12)18-14/h9-11H,1-8,15H2. The third kappa shape index (κ3) is 1.69. The van der Waals surface area contributed by atoms with E-state index in [1.807, 2.05) is 11.3 Å². The Kier molecular flexibility index (Phi) is 2.62. The van der Waals surface area contributed by atoms with E-state index >= 15 is 0 Å². The molecule has 3 aliphatic rings. The van der Waals surface area contributed by atoms with Crippen LogP contribution in [-0.4, -0.2) is 23.1 Å². The van der Waals surface area contributed by atoms with Gasteiger partial charge in [0.2, 0.25) is 0 Å². The van der Waals surface area contributed by atoms with Crippen LogP contribution in [0.3, 0.4) is 0 Å². The van der Waals surface area contributed by atoms with Crippen LogP contribution in [0.5, 0.6) is 0 Å². The number of aromatic nitrogens is 1. The zero-order valence-corrected chi connectivity index (χ0v) is 11.6. The molecular formula is C14H21N3S. The molecule has 0 amide bonds. The van der Waals surface area contributed by atoms with E-state index in [9.17, 15) is 0 Å². The number of hydrogen-bond donors (Lipinski definition) is 1. The first-order chi connectivity index (χ1) is 8.81. The molecule has 2 fully saturated rings. The highest BCUT2D eigenvalue weighted by atomic mass is 32.1. The maximum absolute atomic E-state index is 6.19. The van der Waals surface area contributed by atoms with Crippen LogP contribution in [-0.2, 0) is 12.8 Å². The minimum Gasteiger partial charge on any atom is -0.342 e. The minimum atomic E-state index is 0.420. The number of piperidine rings is 2. The second-order valence-corrected chi connectivity index (χ2v) is 7.16. The molecule has 1 aliphatic carbocycles. The van der Waals surface area contributed by atoms with Gasteiger partial charge in [-0.2, -0.15) is 0 Å². The summed E-state index contributed by atoms with van der Waals surface area (Å²) >= 11 is 1.96. The summed E-state index contributed by atoms with van der Waals surface area (Å²) in [5.41, 5.74) is 7.59. The van der Waals surface area contributed by atoms with Gasteiger partial charge in [-0.3, -0.25) is 0 Å². The van der Waals surface area contributed by atoms with Gasteiger partial charge in [-0.15, -0.1) is 11.3 Å². The predicted octanol–water partition coefficient (Wildman–Crippen LogP) is 2.48. The number of anilines is 1. The largest absolute Gasteiger partial charge is 0.342 e. The molecule has 0 radical (unpaired) electrons. The molecule has 2 atom stereocenters. The molecule has 18 heavy (non-hydrogen) atoms. The molecule has 2 unspecified atom stereocenters. The molecule has 0 aromatic carbocycles. The molecule has 2 bridgehead atoms. The van der Waals surface area contributed by atoms with Crippen LogP contribution in [0.25, 0.3) is 0 Å². The van der Waals surface area contributed by atoms with Gasteiger partial charge in [0.25, 0.3) is 0 Å². The van der Waals surface area contributed by atoms with Crippen LogP contribution in [0.4, 0.5) is 5.13 Å². The van der Waals surface area contributed by atoms with Crippen LogP contribution < -0.4 is 10.6 Å². The van der Waals surface area contributed by atoms with Crippen molar-refractivity contribution < 1.29 is 0 Å². The van der Waals surface area contributed by atoms with Crippen molar-refractivity contribution in [3.8, 4) is 0 Å². The van der Waals surface area contributed by atoms with Crippen LogP contribution >= 0.6 is 11.3 Å². The Labute approximate surface area is 112 Å². The van der Waals surface area contributed by atoms with Crippen molar-refractivity contribution in [2.24, 2.45) is 5.73 Å². The SMILES string of the molecule is NC1CC2CCCC(C1)N2c1nc2c(s1)CCC2. The zero-order valence-electron chi connectivity index (χ0n) is 10.8. The van der Waals surface area contributed by atoms with Gasteiger partial charge in [0.05, 0.1) is 5.69 Å². The molecular weight excluding hydrogens is 242 g/mol. The first-order valence-electron chi connectivity index (χ1n) is 7.34. The highest BCUT2D eigenvalue weighted by Gasteiger charge is 2.39. The number of thiazole rings is 1. The molecule has 4 rings (SSSR count). The molecule has 1 aromatic rings. The predicted molar refractivity (Wildman–Crippen MR) is 75.3 cm³/mol. The smallest absolute Gasteiger partial charge is 0.186 e. The van der Waals surface area contributed by atoms with Gasteiger partial charge in [0.15, 0.2) is 5.13 Å². The molecule has 2 saturated heterocycles. The molecule has 3 heterocycles.